The van der Waals surface area contributed by atoms with E-state index >= 15 is 0 Å². The van der Waals surface area contributed by atoms with E-state index in [9.17, 15) is 9.59 Å². The maximum Gasteiger partial charge on any atom is 0.281 e. The van der Waals surface area contributed by atoms with Crippen molar-refractivity contribution in [3.63, 3.8) is 0 Å². The van der Waals surface area contributed by atoms with Crippen molar-refractivity contribution in [3.8, 4) is 16.9 Å². The molecule has 0 saturated heterocycles. The van der Waals surface area contributed by atoms with E-state index in [0.717, 1.165) is 20.7 Å². The summed E-state index contributed by atoms with van der Waals surface area (Å²) in [7, 11) is 0. The third-order valence-electron chi connectivity index (χ3n) is 4.80. The number of carbonyl (C=O) groups is 1. The zero-order valence-corrected chi connectivity index (χ0v) is 19.4. The van der Waals surface area contributed by atoms with Crippen molar-refractivity contribution < 1.29 is 9.53 Å². The predicted octanol–water partition coefficient (Wildman–Crippen LogP) is 5.67. The van der Waals surface area contributed by atoms with Gasteiger partial charge >= 0.3 is 0 Å². The summed E-state index contributed by atoms with van der Waals surface area (Å²) in [6.07, 6.45) is 1.96. The number of nitrogens with one attached hydrogen (secondary N) is 1. The summed E-state index contributed by atoms with van der Waals surface area (Å²) in [4.78, 5) is 31.5. The van der Waals surface area contributed by atoms with E-state index in [2.05, 4.69) is 10.4 Å². The number of aryl methyl sites for hydroxylation is 1. The van der Waals surface area contributed by atoms with Gasteiger partial charge in [0.15, 0.2) is 0 Å². The Bertz CT molecular complexity index is 1340. The molecule has 0 fully saturated rings. The molecular formula is C23H19Cl2N3O3S. The molecule has 6 nitrogen and oxygen atoms in total. The van der Waals surface area contributed by atoms with Gasteiger partial charge in [-0.3, -0.25) is 15.0 Å². The van der Waals surface area contributed by atoms with Crippen molar-refractivity contribution in [2.45, 2.75) is 19.8 Å². The second kappa shape index (κ2) is 9.73. The van der Waals surface area contributed by atoms with E-state index in [4.69, 9.17) is 27.9 Å². The first kappa shape index (κ1) is 22.3. The SMILES string of the molecule is Cc1sc2ncn(NC(=O)CCCOc3ccc(Cl)cc3Cl)c(=O)c2c1-c1ccccc1. The highest BCUT2D eigenvalue weighted by atomic mass is 35.5. The molecule has 0 aliphatic carbocycles. The van der Waals surface area contributed by atoms with Crippen LogP contribution < -0.4 is 15.7 Å². The lowest BCUT2D eigenvalue weighted by atomic mass is 10.0. The van der Waals surface area contributed by atoms with E-state index in [1.54, 1.807) is 18.2 Å². The van der Waals surface area contributed by atoms with E-state index in [0.29, 0.717) is 39.0 Å². The molecule has 0 atom stereocenters. The van der Waals surface area contributed by atoms with Crippen LogP contribution in [0.3, 0.4) is 0 Å². The van der Waals surface area contributed by atoms with Crippen molar-refractivity contribution in [2.24, 2.45) is 0 Å². The fourth-order valence-corrected chi connectivity index (χ4v) is 4.80. The van der Waals surface area contributed by atoms with Crippen LogP contribution in [-0.4, -0.2) is 22.2 Å². The zero-order valence-electron chi connectivity index (χ0n) is 17.1. The van der Waals surface area contributed by atoms with Gasteiger partial charge < -0.3 is 4.74 Å². The largest absolute Gasteiger partial charge is 0.492 e. The molecule has 1 N–H and O–H groups in total. The lowest BCUT2D eigenvalue weighted by Gasteiger charge is -2.10. The predicted molar refractivity (Wildman–Crippen MR) is 130 cm³/mol. The summed E-state index contributed by atoms with van der Waals surface area (Å²) < 4.78 is 6.73. The molecule has 2 heterocycles. The Labute approximate surface area is 198 Å². The Balaban J connectivity index is 1.44. The number of halogens is 2. The van der Waals surface area contributed by atoms with Crippen molar-refractivity contribution >= 4 is 50.7 Å². The quantitative estimate of drug-likeness (QED) is 0.340. The maximum absolute atomic E-state index is 13.1. The first-order valence-corrected chi connectivity index (χ1v) is 11.4. The normalized spacial score (nSPS) is 11.0. The molecule has 0 saturated carbocycles. The maximum atomic E-state index is 13.1. The Morgan fingerprint density at radius 1 is 1.19 bits per heavy atom. The first-order valence-electron chi connectivity index (χ1n) is 9.88. The molecule has 9 heteroatoms. The van der Waals surface area contributed by atoms with Crippen molar-refractivity contribution in [1.29, 1.82) is 0 Å². The Morgan fingerprint density at radius 3 is 2.72 bits per heavy atom. The third-order valence-corrected chi connectivity index (χ3v) is 6.34. The van der Waals surface area contributed by atoms with Crippen LogP contribution in [-0.2, 0) is 4.79 Å². The Hall–Kier alpha value is -2.87. The molecule has 1 amide bonds. The van der Waals surface area contributed by atoms with Gasteiger partial charge in [-0.2, -0.15) is 0 Å². The van der Waals surface area contributed by atoms with Gasteiger partial charge in [0.1, 0.15) is 16.9 Å². The third kappa shape index (κ3) is 4.80. The lowest BCUT2D eigenvalue weighted by Crippen LogP contribution is -2.33. The summed E-state index contributed by atoms with van der Waals surface area (Å²) in [5.74, 6) is 0.191. The van der Waals surface area contributed by atoms with Gasteiger partial charge in [-0.05, 0) is 37.1 Å². The van der Waals surface area contributed by atoms with Crippen LogP contribution >= 0.6 is 34.5 Å². The minimum Gasteiger partial charge on any atom is -0.492 e. The molecule has 0 bridgehead atoms. The summed E-state index contributed by atoms with van der Waals surface area (Å²) in [5.41, 5.74) is 4.10. The second-order valence-electron chi connectivity index (χ2n) is 7.06. The topological polar surface area (TPSA) is 73.2 Å². The van der Waals surface area contributed by atoms with Gasteiger partial charge in [0, 0.05) is 21.9 Å². The van der Waals surface area contributed by atoms with Crippen LogP contribution in [0, 0.1) is 6.92 Å². The highest BCUT2D eigenvalue weighted by Crippen LogP contribution is 2.35. The van der Waals surface area contributed by atoms with E-state index in [1.165, 1.54) is 17.7 Å². The smallest absolute Gasteiger partial charge is 0.281 e. The van der Waals surface area contributed by atoms with E-state index in [-0.39, 0.29) is 17.9 Å². The Morgan fingerprint density at radius 2 is 1.97 bits per heavy atom. The number of amides is 1. The number of rotatable bonds is 7. The number of carbonyl (C=O) groups excluding carboxylic acids is 1. The Kier molecular flexibility index (Phi) is 6.79. The number of ether oxygens (including phenoxy) is 1. The van der Waals surface area contributed by atoms with Crippen molar-refractivity contribution in [1.82, 2.24) is 9.66 Å². The van der Waals surface area contributed by atoms with Crippen LogP contribution in [0.5, 0.6) is 5.75 Å². The molecule has 2 aromatic heterocycles. The van der Waals surface area contributed by atoms with Crippen molar-refractivity contribution in [3.05, 3.63) is 80.1 Å². The van der Waals surface area contributed by atoms with Gasteiger partial charge in [-0.1, -0.05) is 53.5 Å². The summed E-state index contributed by atoms with van der Waals surface area (Å²) >= 11 is 13.4. The summed E-state index contributed by atoms with van der Waals surface area (Å²) in [6.45, 7) is 2.26. The molecule has 0 unspecified atom stereocenters. The molecule has 4 rings (SSSR count). The molecule has 0 radical (unpaired) electrons. The highest BCUT2D eigenvalue weighted by molar-refractivity contribution is 7.19. The number of benzene rings is 2. The molecule has 0 spiro atoms. The number of hydrogen-bond donors (Lipinski definition) is 1. The minimum absolute atomic E-state index is 0.171. The van der Waals surface area contributed by atoms with Gasteiger partial charge in [0.25, 0.3) is 5.56 Å². The molecule has 32 heavy (non-hydrogen) atoms. The average molecular weight is 488 g/mol. The molecule has 0 aliphatic rings. The lowest BCUT2D eigenvalue weighted by molar-refractivity contribution is -0.117. The molecule has 4 aromatic rings. The van der Waals surface area contributed by atoms with Gasteiger partial charge in [0.2, 0.25) is 5.91 Å². The first-order chi connectivity index (χ1) is 15.4. The second-order valence-corrected chi connectivity index (χ2v) is 9.11. The van der Waals surface area contributed by atoms with Crippen LogP contribution in [0.25, 0.3) is 21.3 Å². The summed E-state index contributed by atoms with van der Waals surface area (Å²) in [6, 6.07) is 14.6. The van der Waals surface area contributed by atoms with Gasteiger partial charge in [-0.15, -0.1) is 11.3 Å². The summed E-state index contributed by atoms with van der Waals surface area (Å²) in [5, 5.41) is 1.43. The van der Waals surface area contributed by atoms with Crippen molar-refractivity contribution in [2.75, 3.05) is 12.0 Å². The number of nitrogens with zero attached hydrogens (tertiary/aromatic N) is 2. The van der Waals surface area contributed by atoms with Gasteiger partial charge in [-0.25, -0.2) is 9.66 Å². The molecule has 164 valence electrons. The fourth-order valence-electron chi connectivity index (χ4n) is 3.33. The monoisotopic (exact) mass is 487 g/mol. The average Bonchev–Trinajstić information content (AvgIpc) is 3.12. The van der Waals surface area contributed by atoms with E-state index in [1.807, 2.05) is 37.3 Å². The number of aromatic nitrogens is 2. The standard InChI is InChI=1S/C23H19Cl2N3O3S/c1-14-20(15-6-3-2-4-7-15)21-22(32-14)26-13-28(23(21)30)27-19(29)8-5-11-31-18-10-9-16(24)12-17(18)25/h2-4,6-7,9-10,12-13H,5,8,11H2,1H3,(H,27,29). The number of thiophene rings is 1. The van der Waals surface area contributed by atoms with Crippen LogP contribution in [0.15, 0.2) is 59.7 Å². The highest BCUT2D eigenvalue weighted by Gasteiger charge is 2.17. The van der Waals surface area contributed by atoms with Crippen LogP contribution in [0.2, 0.25) is 10.0 Å². The number of hydrogen-bond acceptors (Lipinski definition) is 5. The molecular weight excluding hydrogens is 469 g/mol. The molecule has 0 aliphatic heterocycles. The minimum atomic E-state index is -0.313. The molecule has 2 aromatic carbocycles. The van der Waals surface area contributed by atoms with Crippen LogP contribution in [0.1, 0.15) is 17.7 Å². The van der Waals surface area contributed by atoms with E-state index < -0.39 is 0 Å². The number of fused-ring (bicyclic) bond motifs is 1. The van der Waals surface area contributed by atoms with Gasteiger partial charge in [0.05, 0.1) is 17.0 Å². The fraction of sp³-hybridized carbons (Fsp3) is 0.174. The zero-order chi connectivity index (χ0) is 22.7. The van der Waals surface area contributed by atoms with Crippen LogP contribution in [0.4, 0.5) is 0 Å².